The summed E-state index contributed by atoms with van der Waals surface area (Å²) < 4.78 is 21.8. The lowest BCUT2D eigenvalue weighted by Crippen LogP contribution is -2.42. The fourth-order valence-electron chi connectivity index (χ4n) is 4.15. The van der Waals surface area contributed by atoms with E-state index in [2.05, 4.69) is 27.7 Å². The largest absolute Gasteiger partial charge is 0.493 e. The summed E-state index contributed by atoms with van der Waals surface area (Å²) in [7, 11) is 4.40. The predicted molar refractivity (Wildman–Crippen MR) is 153 cm³/mol. The van der Waals surface area contributed by atoms with Gasteiger partial charge in [0.15, 0.2) is 11.5 Å². The SMILES string of the molecule is COc1ccc(C(=O)NCCN2C=C(C(=O)NC(C#N)c3ccc(OCc4ccccc4)cc3)NN2)c(OC)c1OC. The van der Waals surface area contributed by atoms with Crippen molar-refractivity contribution in [1.29, 1.82) is 5.26 Å². The zero-order valence-corrected chi connectivity index (χ0v) is 23.5. The molecule has 12 heteroatoms. The maximum Gasteiger partial charge on any atom is 0.271 e. The molecule has 1 aliphatic heterocycles. The minimum Gasteiger partial charge on any atom is -0.493 e. The molecule has 2 amide bonds. The summed E-state index contributed by atoms with van der Waals surface area (Å²) in [6, 6.07) is 21.3. The number of nitrogens with zero attached hydrogens (tertiary/aromatic N) is 2. The van der Waals surface area contributed by atoms with Gasteiger partial charge in [0.2, 0.25) is 5.75 Å². The number of rotatable bonds is 13. The zero-order valence-electron chi connectivity index (χ0n) is 23.5. The van der Waals surface area contributed by atoms with Gasteiger partial charge in [0.25, 0.3) is 11.8 Å². The van der Waals surface area contributed by atoms with Gasteiger partial charge in [0, 0.05) is 12.7 Å². The maximum atomic E-state index is 12.8. The Balaban J connectivity index is 1.27. The van der Waals surface area contributed by atoms with Crippen molar-refractivity contribution in [1.82, 2.24) is 26.6 Å². The van der Waals surface area contributed by atoms with Gasteiger partial charge < -0.3 is 29.6 Å². The molecular weight excluding hydrogens is 540 g/mol. The van der Waals surface area contributed by atoms with Crippen molar-refractivity contribution in [3.63, 3.8) is 0 Å². The van der Waals surface area contributed by atoms with Crippen molar-refractivity contribution < 1.29 is 28.5 Å². The molecule has 0 saturated heterocycles. The summed E-state index contributed by atoms with van der Waals surface area (Å²) in [4.78, 5) is 25.6. The van der Waals surface area contributed by atoms with Gasteiger partial charge in [-0.2, -0.15) is 5.26 Å². The highest BCUT2D eigenvalue weighted by molar-refractivity contribution is 5.98. The predicted octanol–water partition coefficient (Wildman–Crippen LogP) is 2.57. The van der Waals surface area contributed by atoms with Gasteiger partial charge >= 0.3 is 0 Å². The second-order valence-corrected chi connectivity index (χ2v) is 8.99. The fraction of sp³-hybridized carbons (Fsp3) is 0.233. The number of methoxy groups -OCH3 is 3. The molecule has 0 fully saturated rings. The molecule has 218 valence electrons. The molecule has 12 nitrogen and oxygen atoms in total. The number of hydrazine groups is 2. The van der Waals surface area contributed by atoms with Crippen molar-refractivity contribution in [2.24, 2.45) is 0 Å². The van der Waals surface area contributed by atoms with E-state index in [9.17, 15) is 14.9 Å². The molecule has 1 heterocycles. The Bertz CT molecular complexity index is 1460. The summed E-state index contributed by atoms with van der Waals surface area (Å²) in [5, 5.41) is 16.8. The molecular formula is C30H32N6O6. The highest BCUT2D eigenvalue weighted by atomic mass is 16.5. The number of carbonyl (C=O) groups excluding carboxylic acids is 2. The van der Waals surface area contributed by atoms with Crippen LogP contribution in [0.15, 0.2) is 78.6 Å². The molecule has 1 aliphatic rings. The molecule has 4 rings (SSSR count). The van der Waals surface area contributed by atoms with Gasteiger partial charge in [0.1, 0.15) is 24.1 Å². The Morgan fingerprint density at radius 3 is 2.33 bits per heavy atom. The number of benzene rings is 3. The van der Waals surface area contributed by atoms with Crippen molar-refractivity contribution >= 4 is 11.8 Å². The highest BCUT2D eigenvalue weighted by Crippen LogP contribution is 2.39. The van der Waals surface area contributed by atoms with E-state index in [1.807, 2.05) is 30.3 Å². The van der Waals surface area contributed by atoms with Crippen molar-refractivity contribution in [3.05, 3.63) is 95.3 Å². The van der Waals surface area contributed by atoms with Crippen LogP contribution in [0, 0.1) is 11.3 Å². The summed E-state index contributed by atoms with van der Waals surface area (Å²) in [5.41, 5.74) is 7.79. The number of nitrogens with one attached hydrogen (secondary N) is 4. The number of ether oxygens (including phenoxy) is 4. The molecule has 0 aliphatic carbocycles. The zero-order chi connectivity index (χ0) is 29.9. The number of carbonyl (C=O) groups is 2. The lowest BCUT2D eigenvalue weighted by Gasteiger charge is -2.17. The van der Waals surface area contributed by atoms with Crippen molar-refractivity contribution in [2.75, 3.05) is 34.4 Å². The van der Waals surface area contributed by atoms with E-state index in [4.69, 9.17) is 18.9 Å². The van der Waals surface area contributed by atoms with Gasteiger partial charge in [0.05, 0.1) is 39.5 Å². The van der Waals surface area contributed by atoms with Crippen LogP contribution in [0.5, 0.6) is 23.0 Å². The van der Waals surface area contributed by atoms with Crippen LogP contribution in [0.3, 0.4) is 0 Å². The summed E-state index contributed by atoms with van der Waals surface area (Å²) >= 11 is 0. The first-order valence-corrected chi connectivity index (χ1v) is 13.0. The average molecular weight is 573 g/mol. The maximum absolute atomic E-state index is 12.8. The smallest absolute Gasteiger partial charge is 0.271 e. The molecule has 1 unspecified atom stereocenters. The monoisotopic (exact) mass is 572 g/mol. The second kappa shape index (κ2) is 14.3. The normalized spacial score (nSPS) is 12.7. The highest BCUT2D eigenvalue weighted by Gasteiger charge is 2.23. The van der Waals surface area contributed by atoms with E-state index in [0.717, 1.165) is 5.56 Å². The molecule has 0 radical (unpaired) electrons. The molecule has 0 aromatic heterocycles. The number of hydrogen-bond acceptors (Lipinski definition) is 10. The van der Waals surface area contributed by atoms with Crippen LogP contribution in [-0.2, 0) is 11.4 Å². The van der Waals surface area contributed by atoms with E-state index in [1.165, 1.54) is 21.3 Å². The lowest BCUT2D eigenvalue weighted by molar-refractivity contribution is -0.118. The Morgan fingerprint density at radius 1 is 0.929 bits per heavy atom. The number of amides is 2. The van der Waals surface area contributed by atoms with Crippen LogP contribution < -0.4 is 40.5 Å². The number of nitriles is 1. The summed E-state index contributed by atoms with van der Waals surface area (Å²) in [5.74, 6) is 0.838. The topological polar surface area (TPSA) is 146 Å². The Labute approximate surface area is 243 Å². The Hall–Kier alpha value is -5.41. The fourth-order valence-corrected chi connectivity index (χ4v) is 4.15. The molecule has 3 aromatic rings. The third kappa shape index (κ3) is 7.21. The minimum absolute atomic E-state index is 0.214. The molecule has 3 aromatic carbocycles. The van der Waals surface area contributed by atoms with E-state index >= 15 is 0 Å². The van der Waals surface area contributed by atoms with Crippen LogP contribution in [0.25, 0.3) is 0 Å². The first kappa shape index (κ1) is 29.6. The van der Waals surface area contributed by atoms with Crippen LogP contribution in [0.2, 0.25) is 0 Å². The molecule has 4 N–H and O–H groups in total. The molecule has 0 saturated carbocycles. The quantitative estimate of drug-likeness (QED) is 0.241. The summed E-state index contributed by atoms with van der Waals surface area (Å²) in [6.45, 7) is 1.00. The Morgan fingerprint density at radius 2 is 1.67 bits per heavy atom. The van der Waals surface area contributed by atoms with E-state index in [-0.39, 0.29) is 29.5 Å². The van der Waals surface area contributed by atoms with Crippen LogP contribution >= 0.6 is 0 Å². The molecule has 0 bridgehead atoms. The van der Waals surface area contributed by atoms with Gasteiger partial charge in [-0.25, -0.2) is 0 Å². The van der Waals surface area contributed by atoms with Crippen LogP contribution in [0.1, 0.15) is 27.5 Å². The van der Waals surface area contributed by atoms with Crippen LogP contribution in [-0.4, -0.2) is 51.2 Å². The molecule has 1 atom stereocenters. The van der Waals surface area contributed by atoms with Gasteiger partial charge in [-0.05, 0) is 35.4 Å². The summed E-state index contributed by atoms with van der Waals surface area (Å²) in [6.07, 6.45) is 1.55. The van der Waals surface area contributed by atoms with E-state index in [1.54, 1.807) is 47.6 Å². The standard InChI is InChI=1S/C30H32N6O6/c1-39-26-14-13-23(27(40-2)28(26)41-3)29(37)32-15-16-36-18-25(34-35-36)30(38)33-24(17-31)21-9-11-22(12-10-21)42-19-20-7-5-4-6-8-20/h4-14,18,24,34-35H,15-16,19H2,1-3H3,(H,32,37)(H,33,38). The van der Waals surface area contributed by atoms with Crippen LogP contribution in [0.4, 0.5) is 0 Å². The van der Waals surface area contributed by atoms with Gasteiger partial charge in [-0.15, -0.1) is 5.53 Å². The Kier molecular flexibility index (Phi) is 10.1. The van der Waals surface area contributed by atoms with Crippen molar-refractivity contribution in [3.8, 4) is 29.1 Å². The third-order valence-electron chi connectivity index (χ3n) is 6.32. The second-order valence-electron chi connectivity index (χ2n) is 8.99. The lowest BCUT2D eigenvalue weighted by atomic mass is 10.1. The van der Waals surface area contributed by atoms with Crippen molar-refractivity contribution in [2.45, 2.75) is 12.6 Å². The molecule has 0 spiro atoms. The first-order valence-electron chi connectivity index (χ1n) is 13.0. The number of hydrogen-bond donors (Lipinski definition) is 4. The average Bonchev–Trinajstić information content (AvgIpc) is 3.51. The first-order chi connectivity index (χ1) is 20.5. The van der Waals surface area contributed by atoms with Gasteiger partial charge in [-0.3, -0.25) is 20.0 Å². The third-order valence-corrected chi connectivity index (χ3v) is 6.32. The van der Waals surface area contributed by atoms with E-state index < -0.39 is 11.9 Å². The van der Waals surface area contributed by atoms with Gasteiger partial charge in [-0.1, -0.05) is 42.5 Å². The minimum atomic E-state index is -0.867. The van der Waals surface area contributed by atoms with E-state index in [0.29, 0.717) is 36.0 Å². The molecule has 42 heavy (non-hydrogen) atoms.